The maximum atomic E-state index is 11.3. The summed E-state index contributed by atoms with van der Waals surface area (Å²) in [6.07, 6.45) is 3.31. The molecule has 1 aliphatic carbocycles. The molecule has 0 radical (unpaired) electrons. The number of hydrogen-bond acceptors (Lipinski definition) is 5. The van der Waals surface area contributed by atoms with E-state index in [1.165, 1.54) is 6.42 Å². The second-order valence-electron chi connectivity index (χ2n) is 5.81. The Morgan fingerprint density at radius 3 is 2.81 bits per heavy atom. The first-order valence-corrected chi connectivity index (χ1v) is 8.60. The number of nitro groups is 1. The zero-order valence-electron chi connectivity index (χ0n) is 13.1. The summed E-state index contributed by atoms with van der Waals surface area (Å²) >= 11 is 1.98. The summed E-state index contributed by atoms with van der Waals surface area (Å²) in [5.41, 5.74) is 0.601. The fourth-order valence-electron chi connectivity index (χ4n) is 2.92. The van der Waals surface area contributed by atoms with Gasteiger partial charge in [-0.15, -0.1) is 0 Å². The molecule has 6 nitrogen and oxygen atoms in total. The number of nitrogens with zero attached hydrogens (tertiary/aromatic N) is 3. The fraction of sp³-hybridized carbons (Fsp3) is 0.786. The number of aryl methyl sites for hydroxylation is 1. The molecule has 0 spiro atoms. The topological polar surface area (TPSA) is 73.0 Å². The molecule has 1 fully saturated rings. The minimum absolute atomic E-state index is 0.0992. The first-order chi connectivity index (χ1) is 9.93. The molecule has 2 rings (SSSR count). The Hall–Kier alpha value is -1.24. The Bertz CT molecular complexity index is 515. The molecule has 7 heteroatoms. The summed E-state index contributed by atoms with van der Waals surface area (Å²) in [6.45, 7) is 7.86. The fourth-order valence-corrected chi connectivity index (χ4v) is 4.06. The van der Waals surface area contributed by atoms with Crippen LogP contribution in [0.2, 0.25) is 0 Å². The third-order valence-corrected chi connectivity index (χ3v) is 5.09. The van der Waals surface area contributed by atoms with Gasteiger partial charge in [-0.25, -0.2) is 4.68 Å². The molecule has 0 aliphatic heterocycles. The van der Waals surface area contributed by atoms with Crippen LogP contribution in [0.4, 0.5) is 11.5 Å². The van der Waals surface area contributed by atoms with Gasteiger partial charge in [-0.3, -0.25) is 10.1 Å². The standard InChI is InChI=1S/C14H24N4O2S/c1-5-21-12-7-6-11(8-12)15-14-13(18(19)20)10(4)16-17(14)9(2)3/h9,11-12,15H,5-8H2,1-4H3. The zero-order valence-corrected chi connectivity index (χ0v) is 13.9. The SMILES string of the molecule is CCSC1CCC(Nc2c([N+](=O)[O-])c(C)nn2C(C)C)C1. The lowest BCUT2D eigenvalue weighted by atomic mass is 10.2. The van der Waals surface area contributed by atoms with Gasteiger partial charge in [-0.1, -0.05) is 6.92 Å². The highest BCUT2D eigenvalue weighted by atomic mass is 32.2. The smallest absolute Gasteiger partial charge is 0.333 e. The van der Waals surface area contributed by atoms with Gasteiger partial charge >= 0.3 is 5.69 Å². The van der Waals surface area contributed by atoms with Gasteiger partial charge < -0.3 is 5.32 Å². The average Bonchev–Trinajstić information content (AvgIpc) is 2.95. The molecule has 1 heterocycles. The molecule has 0 aromatic carbocycles. The molecule has 1 saturated carbocycles. The van der Waals surface area contributed by atoms with Crippen molar-refractivity contribution in [3.05, 3.63) is 15.8 Å². The maximum Gasteiger partial charge on any atom is 0.333 e. The Morgan fingerprint density at radius 2 is 2.24 bits per heavy atom. The predicted octanol–water partition coefficient (Wildman–Crippen LogP) is 3.77. The second-order valence-corrected chi connectivity index (χ2v) is 7.39. The van der Waals surface area contributed by atoms with Crippen LogP contribution in [-0.4, -0.2) is 31.7 Å². The molecule has 1 aromatic heterocycles. The van der Waals surface area contributed by atoms with E-state index in [0.29, 0.717) is 22.8 Å². The normalized spacial score (nSPS) is 22.0. The lowest BCUT2D eigenvalue weighted by molar-refractivity contribution is -0.384. The van der Waals surface area contributed by atoms with Crippen LogP contribution in [0.15, 0.2) is 0 Å². The van der Waals surface area contributed by atoms with Crippen molar-refractivity contribution in [1.29, 1.82) is 0 Å². The van der Waals surface area contributed by atoms with Gasteiger partial charge in [0.25, 0.3) is 0 Å². The Kier molecular flexibility index (Phi) is 5.13. The van der Waals surface area contributed by atoms with Crippen molar-refractivity contribution >= 4 is 23.3 Å². The van der Waals surface area contributed by atoms with Gasteiger partial charge in [0.15, 0.2) is 0 Å². The molecule has 118 valence electrons. The highest BCUT2D eigenvalue weighted by molar-refractivity contribution is 7.99. The van der Waals surface area contributed by atoms with Crippen LogP contribution in [0.3, 0.4) is 0 Å². The van der Waals surface area contributed by atoms with E-state index in [1.807, 2.05) is 25.6 Å². The van der Waals surface area contributed by atoms with Gasteiger partial charge in [0.1, 0.15) is 5.69 Å². The molecule has 2 unspecified atom stereocenters. The molecule has 0 amide bonds. The summed E-state index contributed by atoms with van der Waals surface area (Å²) in [5, 5.41) is 19.7. The molecule has 0 saturated heterocycles. The molecular weight excluding hydrogens is 288 g/mol. The van der Waals surface area contributed by atoms with Crippen molar-refractivity contribution in [2.24, 2.45) is 0 Å². The molecule has 1 aliphatic rings. The van der Waals surface area contributed by atoms with Crippen LogP contribution in [0.1, 0.15) is 51.8 Å². The van der Waals surface area contributed by atoms with E-state index in [0.717, 1.165) is 18.6 Å². The molecular formula is C14H24N4O2S. The average molecular weight is 312 g/mol. The number of rotatable bonds is 6. The summed E-state index contributed by atoms with van der Waals surface area (Å²) in [5.74, 6) is 1.69. The second kappa shape index (κ2) is 6.68. The van der Waals surface area contributed by atoms with Crippen molar-refractivity contribution in [2.45, 2.75) is 64.3 Å². The molecule has 1 aromatic rings. The minimum atomic E-state index is -0.323. The Labute approximate surface area is 129 Å². The lowest BCUT2D eigenvalue weighted by Crippen LogP contribution is -2.20. The van der Waals surface area contributed by atoms with Crippen LogP contribution in [0.5, 0.6) is 0 Å². The van der Waals surface area contributed by atoms with Crippen molar-refractivity contribution in [1.82, 2.24) is 9.78 Å². The van der Waals surface area contributed by atoms with Crippen LogP contribution in [0.25, 0.3) is 0 Å². The number of anilines is 1. The largest absolute Gasteiger partial charge is 0.362 e. The van der Waals surface area contributed by atoms with Crippen LogP contribution >= 0.6 is 11.8 Å². The van der Waals surface area contributed by atoms with Crippen LogP contribution < -0.4 is 5.32 Å². The number of hydrogen-bond donors (Lipinski definition) is 1. The summed E-state index contributed by atoms with van der Waals surface area (Å²) in [7, 11) is 0. The van der Waals surface area contributed by atoms with E-state index in [2.05, 4.69) is 17.3 Å². The lowest BCUT2D eigenvalue weighted by Gasteiger charge is -2.17. The van der Waals surface area contributed by atoms with Crippen LogP contribution in [0, 0.1) is 17.0 Å². The monoisotopic (exact) mass is 312 g/mol. The van der Waals surface area contributed by atoms with E-state index in [9.17, 15) is 10.1 Å². The Morgan fingerprint density at radius 1 is 1.52 bits per heavy atom. The third kappa shape index (κ3) is 3.51. The van der Waals surface area contributed by atoms with Gasteiger partial charge in [0.2, 0.25) is 5.82 Å². The first kappa shape index (κ1) is 16.1. The molecule has 0 bridgehead atoms. The summed E-state index contributed by atoms with van der Waals surface area (Å²) in [6, 6.07) is 0.406. The number of aromatic nitrogens is 2. The zero-order chi connectivity index (χ0) is 15.6. The summed E-state index contributed by atoms with van der Waals surface area (Å²) < 4.78 is 1.74. The van der Waals surface area contributed by atoms with Crippen molar-refractivity contribution < 1.29 is 4.92 Å². The third-order valence-electron chi connectivity index (χ3n) is 3.85. The van der Waals surface area contributed by atoms with E-state index in [-0.39, 0.29) is 16.7 Å². The van der Waals surface area contributed by atoms with E-state index in [4.69, 9.17) is 0 Å². The number of thioether (sulfide) groups is 1. The van der Waals surface area contributed by atoms with Gasteiger partial charge in [-0.2, -0.15) is 16.9 Å². The van der Waals surface area contributed by atoms with E-state index in [1.54, 1.807) is 11.6 Å². The van der Waals surface area contributed by atoms with Crippen LogP contribution in [-0.2, 0) is 0 Å². The van der Waals surface area contributed by atoms with Gasteiger partial charge in [0.05, 0.1) is 4.92 Å². The summed E-state index contributed by atoms with van der Waals surface area (Å²) in [4.78, 5) is 11.0. The first-order valence-electron chi connectivity index (χ1n) is 7.55. The molecule has 1 N–H and O–H groups in total. The van der Waals surface area contributed by atoms with Gasteiger partial charge in [0, 0.05) is 17.3 Å². The van der Waals surface area contributed by atoms with Crippen molar-refractivity contribution in [3.63, 3.8) is 0 Å². The van der Waals surface area contributed by atoms with Crippen molar-refractivity contribution in [3.8, 4) is 0 Å². The Balaban J connectivity index is 2.21. The highest BCUT2D eigenvalue weighted by Crippen LogP contribution is 2.36. The molecule has 2 atom stereocenters. The quantitative estimate of drug-likeness (QED) is 0.639. The molecule has 21 heavy (non-hydrogen) atoms. The van der Waals surface area contributed by atoms with E-state index < -0.39 is 0 Å². The van der Waals surface area contributed by atoms with E-state index >= 15 is 0 Å². The van der Waals surface area contributed by atoms with Gasteiger partial charge in [-0.05, 0) is 45.8 Å². The minimum Gasteiger partial charge on any atom is -0.362 e. The predicted molar refractivity (Wildman–Crippen MR) is 87.2 cm³/mol. The number of nitrogens with one attached hydrogen (secondary N) is 1. The van der Waals surface area contributed by atoms with Crippen molar-refractivity contribution in [2.75, 3.05) is 11.1 Å². The maximum absolute atomic E-state index is 11.3. The highest BCUT2D eigenvalue weighted by Gasteiger charge is 2.31.